The molecule has 2 amide bonds. The predicted octanol–water partition coefficient (Wildman–Crippen LogP) is 5.58. The first-order chi connectivity index (χ1) is 16.7. The summed E-state index contributed by atoms with van der Waals surface area (Å²) in [6.45, 7) is 0.231. The van der Waals surface area contributed by atoms with Crippen molar-refractivity contribution in [1.29, 1.82) is 0 Å². The number of furan rings is 1. The van der Waals surface area contributed by atoms with Gasteiger partial charge in [0.05, 0.1) is 19.2 Å². The van der Waals surface area contributed by atoms with E-state index in [1.807, 2.05) is 54.0 Å². The molecule has 0 radical (unpaired) electrons. The number of hydrogen-bond acceptors (Lipinski definition) is 4. The van der Waals surface area contributed by atoms with E-state index in [0.29, 0.717) is 5.76 Å². The van der Waals surface area contributed by atoms with E-state index in [1.54, 1.807) is 17.2 Å². The number of H-pyrrole nitrogens is 1. The highest BCUT2D eigenvalue weighted by Crippen LogP contribution is 2.30. The summed E-state index contributed by atoms with van der Waals surface area (Å²) in [5, 5.41) is 6.22. The van der Waals surface area contributed by atoms with Crippen molar-refractivity contribution >= 4 is 34.1 Å². The molecule has 3 heterocycles. The Bertz CT molecular complexity index is 1220. The zero-order chi connectivity index (χ0) is 23.3. The number of para-hydroxylation sites is 1. The minimum Gasteiger partial charge on any atom is -0.467 e. The Hall–Kier alpha value is -3.32. The number of aromatic nitrogens is 1. The summed E-state index contributed by atoms with van der Waals surface area (Å²) < 4.78 is 5.59. The van der Waals surface area contributed by atoms with Gasteiger partial charge in [-0.2, -0.15) is 0 Å². The molecule has 6 nitrogen and oxygen atoms in total. The van der Waals surface area contributed by atoms with Crippen LogP contribution in [0.15, 0.2) is 70.8 Å². The van der Waals surface area contributed by atoms with Crippen molar-refractivity contribution in [3.8, 4) is 0 Å². The molecule has 1 aromatic carbocycles. The van der Waals surface area contributed by atoms with Crippen molar-refractivity contribution in [3.63, 3.8) is 0 Å². The van der Waals surface area contributed by atoms with E-state index in [-0.39, 0.29) is 30.8 Å². The van der Waals surface area contributed by atoms with Gasteiger partial charge in [-0.15, -0.1) is 11.3 Å². The number of amides is 2. The average molecular weight is 476 g/mol. The molecule has 0 aliphatic heterocycles. The second-order valence-electron chi connectivity index (χ2n) is 8.90. The van der Waals surface area contributed by atoms with E-state index >= 15 is 0 Å². The van der Waals surface area contributed by atoms with Crippen LogP contribution in [0.25, 0.3) is 10.9 Å². The molecule has 5 rings (SSSR count). The molecule has 34 heavy (non-hydrogen) atoms. The van der Waals surface area contributed by atoms with Gasteiger partial charge < -0.3 is 19.6 Å². The maximum Gasteiger partial charge on any atom is 0.248 e. The number of thiophene rings is 1. The summed E-state index contributed by atoms with van der Waals surface area (Å²) in [5.74, 6) is 0.422. The lowest BCUT2D eigenvalue weighted by Crippen LogP contribution is -2.47. The zero-order valence-electron chi connectivity index (χ0n) is 19.0. The van der Waals surface area contributed by atoms with Gasteiger partial charge in [0.15, 0.2) is 0 Å². The lowest BCUT2D eigenvalue weighted by Gasteiger charge is -2.32. The Morgan fingerprint density at radius 1 is 1.09 bits per heavy atom. The van der Waals surface area contributed by atoms with Crippen molar-refractivity contribution in [3.05, 3.63) is 82.6 Å². The topological polar surface area (TPSA) is 78.3 Å². The maximum absolute atomic E-state index is 13.8. The molecular weight excluding hydrogens is 446 g/mol. The fourth-order valence-corrected chi connectivity index (χ4v) is 5.67. The number of benzene rings is 1. The van der Waals surface area contributed by atoms with E-state index < -0.39 is 6.04 Å². The van der Waals surface area contributed by atoms with Gasteiger partial charge in [0.25, 0.3) is 0 Å². The normalized spacial score (nSPS) is 15.3. The lowest BCUT2D eigenvalue weighted by molar-refractivity contribution is -0.141. The van der Waals surface area contributed by atoms with E-state index in [4.69, 9.17) is 4.42 Å². The Kier molecular flexibility index (Phi) is 6.81. The Morgan fingerprint density at radius 2 is 1.94 bits per heavy atom. The van der Waals surface area contributed by atoms with Crippen molar-refractivity contribution < 1.29 is 14.0 Å². The molecule has 1 aliphatic rings. The highest BCUT2D eigenvalue weighted by Gasteiger charge is 2.34. The summed E-state index contributed by atoms with van der Waals surface area (Å²) in [5.41, 5.74) is 1.91. The standard InChI is InChI=1S/C27H29N3O3S/c31-25(16-19-17-28-23-12-5-4-11-22(19)23)30(18-21-10-6-14-33-21)26(24-13-7-15-34-24)27(32)29-20-8-2-1-3-9-20/h4-7,10-15,17,20,26,28H,1-3,8-9,16,18H2,(H,29,32)/t26-/m0/s1. The van der Waals surface area contributed by atoms with E-state index in [1.165, 1.54) is 17.8 Å². The monoisotopic (exact) mass is 475 g/mol. The second-order valence-corrected chi connectivity index (χ2v) is 9.88. The molecule has 0 saturated heterocycles. The number of carbonyl (C=O) groups is 2. The van der Waals surface area contributed by atoms with Gasteiger partial charge in [0.1, 0.15) is 11.8 Å². The third-order valence-electron chi connectivity index (χ3n) is 6.57. The molecular formula is C27H29N3O3S. The molecule has 3 aromatic heterocycles. The summed E-state index contributed by atoms with van der Waals surface area (Å²) in [4.78, 5) is 33.2. The second kappa shape index (κ2) is 10.3. The van der Waals surface area contributed by atoms with Crippen molar-refractivity contribution in [1.82, 2.24) is 15.2 Å². The SMILES string of the molecule is O=C(NC1CCCCC1)[C@H](c1cccs1)N(Cc1ccco1)C(=O)Cc1c[nH]c2ccccc12. The van der Waals surface area contributed by atoms with Gasteiger partial charge in [-0.25, -0.2) is 0 Å². The average Bonchev–Trinajstić information content (AvgIpc) is 3.63. The molecule has 1 aliphatic carbocycles. The molecule has 176 valence electrons. The van der Waals surface area contributed by atoms with Crippen LogP contribution in [-0.4, -0.2) is 27.7 Å². The minimum absolute atomic E-state index is 0.113. The summed E-state index contributed by atoms with van der Waals surface area (Å²) in [6.07, 6.45) is 9.14. The largest absolute Gasteiger partial charge is 0.467 e. The number of hydrogen-bond donors (Lipinski definition) is 2. The van der Waals surface area contributed by atoms with Crippen molar-refractivity contribution in [2.75, 3.05) is 0 Å². The van der Waals surface area contributed by atoms with Crippen LogP contribution in [0.3, 0.4) is 0 Å². The first-order valence-corrected chi connectivity index (χ1v) is 12.8. The van der Waals surface area contributed by atoms with E-state index in [0.717, 1.165) is 47.0 Å². The molecule has 0 unspecified atom stereocenters. The molecule has 0 spiro atoms. The van der Waals surface area contributed by atoms with Crippen LogP contribution >= 0.6 is 11.3 Å². The van der Waals surface area contributed by atoms with Crippen LogP contribution in [0.1, 0.15) is 54.3 Å². The van der Waals surface area contributed by atoms with E-state index in [2.05, 4.69) is 10.3 Å². The minimum atomic E-state index is -0.704. The molecule has 1 atom stereocenters. The highest BCUT2D eigenvalue weighted by molar-refractivity contribution is 7.10. The van der Waals surface area contributed by atoms with Crippen LogP contribution < -0.4 is 5.32 Å². The molecule has 1 fully saturated rings. The third kappa shape index (κ3) is 4.94. The van der Waals surface area contributed by atoms with Crippen molar-refractivity contribution in [2.45, 2.75) is 57.2 Å². The van der Waals surface area contributed by atoms with Crippen molar-refractivity contribution in [2.24, 2.45) is 0 Å². The first kappa shape index (κ1) is 22.5. The highest BCUT2D eigenvalue weighted by atomic mass is 32.1. The number of rotatable bonds is 8. The van der Waals surface area contributed by atoms with E-state index in [9.17, 15) is 9.59 Å². The van der Waals surface area contributed by atoms with Crippen LogP contribution in [0.5, 0.6) is 0 Å². The summed E-state index contributed by atoms with van der Waals surface area (Å²) >= 11 is 1.50. The maximum atomic E-state index is 13.8. The number of aromatic amines is 1. The van der Waals surface area contributed by atoms with Gasteiger partial charge in [0.2, 0.25) is 11.8 Å². The Labute approximate surface area is 203 Å². The van der Waals surface area contributed by atoms with Gasteiger partial charge >= 0.3 is 0 Å². The third-order valence-corrected chi connectivity index (χ3v) is 7.49. The summed E-state index contributed by atoms with van der Waals surface area (Å²) in [6, 6.07) is 14.9. The number of carbonyl (C=O) groups excluding carboxylic acids is 2. The fraction of sp³-hybridized carbons (Fsp3) is 0.333. The fourth-order valence-electron chi connectivity index (χ4n) is 4.83. The van der Waals surface area contributed by atoms with Crippen LogP contribution in [0, 0.1) is 0 Å². The molecule has 4 aromatic rings. The summed E-state index contributed by atoms with van der Waals surface area (Å²) in [7, 11) is 0. The predicted molar refractivity (Wildman–Crippen MR) is 133 cm³/mol. The van der Waals surface area contributed by atoms with Crippen LogP contribution in [-0.2, 0) is 22.6 Å². The van der Waals surface area contributed by atoms with Gasteiger partial charge in [-0.1, -0.05) is 43.5 Å². The van der Waals surface area contributed by atoms with Gasteiger partial charge in [0, 0.05) is 28.0 Å². The van der Waals surface area contributed by atoms with Gasteiger partial charge in [-0.3, -0.25) is 9.59 Å². The quantitative estimate of drug-likeness (QED) is 0.349. The molecule has 2 N–H and O–H groups in total. The first-order valence-electron chi connectivity index (χ1n) is 11.9. The smallest absolute Gasteiger partial charge is 0.248 e. The number of nitrogens with zero attached hydrogens (tertiary/aromatic N) is 1. The van der Waals surface area contributed by atoms with Crippen LogP contribution in [0.2, 0.25) is 0 Å². The Morgan fingerprint density at radius 3 is 2.71 bits per heavy atom. The molecule has 0 bridgehead atoms. The lowest BCUT2D eigenvalue weighted by atomic mass is 9.95. The zero-order valence-corrected chi connectivity index (χ0v) is 19.9. The molecule has 7 heteroatoms. The molecule has 1 saturated carbocycles. The van der Waals surface area contributed by atoms with Crippen LogP contribution in [0.4, 0.5) is 0 Å². The number of nitrogens with one attached hydrogen (secondary N) is 2. The Balaban J connectivity index is 1.46. The van der Waals surface area contributed by atoms with Gasteiger partial charge in [-0.05, 0) is 48.1 Å². The number of fused-ring (bicyclic) bond motifs is 1.